The van der Waals surface area contributed by atoms with Crippen LogP contribution in [0.15, 0.2) is 48.9 Å². The third-order valence-corrected chi connectivity index (χ3v) is 18.5. The maximum atomic E-state index is 15.2. The van der Waals surface area contributed by atoms with E-state index in [-0.39, 0.29) is 65.4 Å². The smallest absolute Gasteiger partial charge is 0.238 e. The average Bonchev–Trinajstić information content (AvgIpc) is 4.07. The van der Waals surface area contributed by atoms with Crippen molar-refractivity contribution < 1.29 is 24.0 Å². The van der Waals surface area contributed by atoms with E-state index in [1.54, 1.807) is 6.20 Å². The zero-order valence-corrected chi connectivity index (χ0v) is 43.1. The number of nitrogens with one attached hydrogen (secondary N) is 2. The van der Waals surface area contributed by atoms with Crippen molar-refractivity contribution in [3.05, 3.63) is 60.0 Å². The van der Waals surface area contributed by atoms with E-state index in [9.17, 15) is 19.2 Å². The minimum Gasteiger partial charge on any atom is -0.366 e. The molecule has 4 saturated heterocycles. The number of rotatable bonds is 11. The van der Waals surface area contributed by atoms with E-state index in [1.165, 1.54) is 19.3 Å². The van der Waals surface area contributed by atoms with Gasteiger partial charge in [-0.25, -0.2) is 15.0 Å². The van der Waals surface area contributed by atoms with Gasteiger partial charge >= 0.3 is 0 Å². The molecule has 0 bridgehead atoms. The quantitative estimate of drug-likeness (QED) is 0.144. The van der Waals surface area contributed by atoms with Crippen LogP contribution in [0.1, 0.15) is 146 Å². The third kappa shape index (κ3) is 8.96. The van der Waals surface area contributed by atoms with Gasteiger partial charge in [-0.3, -0.25) is 29.3 Å². The molecule has 4 aromatic rings. The molecule has 8 aliphatic rings. The largest absolute Gasteiger partial charge is 0.366 e. The van der Waals surface area contributed by atoms with Gasteiger partial charge in [0.1, 0.15) is 11.3 Å². The molecular weight excluding hydrogens is 919 g/mol. The number of pyridine rings is 2. The van der Waals surface area contributed by atoms with Crippen LogP contribution < -0.4 is 20.4 Å². The van der Waals surface area contributed by atoms with Crippen LogP contribution >= 0.6 is 0 Å². The molecule has 1 aromatic carbocycles. The molecule has 8 heterocycles. The summed E-state index contributed by atoms with van der Waals surface area (Å²) in [5.41, 5.74) is 6.07. The number of aromatic nitrogens is 4. The monoisotopic (exact) mass is 992 g/mol. The summed E-state index contributed by atoms with van der Waals surface area (Å²) in [5, 5.41) is 6.14. The van der Waals surface area contributed by atoms with Gasteiger partial charge in [0, 0.05) is 99.1 Å². The number of fused-ring (bicyclic) bond motifs is 3. The van der Waals surface area contributed by atoms with E-state index < -0.39 is 5.41 Å². The number of amides is 5. The fourth-order valence-electron chi connectivity index (χ4n) is 13.8. The number of nitrogens with zero attached hydrogens (tertiary/aromatic N) is 9. The van der Waals surface area contributed by atoms with Crippen molar-refractivity contribution >= 4 is 57.9 Å². The van der Waals surface area contributed by atoms with Gasteiger partial charge in [0.15, 0.2) is 5.82 Å². The highest BCUT2D eigenvalue weighted by atomic mass is 16.2. The summed E-state index contributed by atoms with van der Waals surface area (Å²) in [6.45, 7) is 9.13. The number of carbonyl (C=O) groups excluding carboxylic acids is 5. The lowest BCUT2D eigenvalue weighted by Gasteiger charge is -2.48. The van der Waals surface area contributed by atoms with E-state index in [0.717, 1.165) is 115 Å². The number of hydrogen-bond donors (Lipinski definition) is 2. The Balaban J connectivity index is 0.684. The molecule has 386 valence electrons. The predicted molar refractivity (Wildman–Crippen MR) is 280 cm³/mol. The molecular formula is C57H73N11O5. The van der Waals surface area contributed by atoms with Gasteiger partial charge in [0.2, 0.25) is 29.5 Å². The highest BCUT2D eigenvalue weighted by Crippen LogP contribution is 2.52. The van der Waals surface area contributed by atoms with Crippen molar-refractivity contribution in [2.45, 2.75) is 165 Å². The van der Waals surface area contributed by atoms with Gasteiger partial charge in [-0.15, -0.1) is 0 Å². The second kappa shape index (κ2) is 19.4. The first-order valence-electron chi connectivity index (χ1n) is 27.9. The molecule has 3 aliphatic carbocycles. The van der Waals surface area contributed by atoms with E-state index in [4.69, 9.17) is 9.97 Å². The number of imide groups is 1. The summed E-state index contributed by atoms with van der Waals surface area (Å²) >= 11 is 0. The lowest BCUT2D eigenvalue weighted by Crippen LogP contribution is -2.58. The van der Waals surface area contributed by atoms with E-state index in [1.807, 2.05) is 35.3 Å². The molecule has 7 fully saturated rings. The topological polar surface area (TPSA) is 169 Å². The minimum atomic E-state index is -0.668. The van der Waals surface area contributed by atoms with Crippen molar-refractivity contribution in [1.82, 2.24) is 39.5 Å². The summed E-state index contributed by atoms with van der Waals surface area (Å²) in [4.78, 5) is 93.4. The number of benzene rings is 1. The van der Waals surface area contributed by atoms with E-state index in [2.05, 4.69) is 73.0 Å². The lowest BCUT2D eigenvalue weighted by molar-refractivity contribution is -0.143. The fraction of sp³-hybridized carbons (Fsp3) is 0.614. The van der Waals surface area contributed by atoms with E-state index in [0.29, 0.717) is 76.8 Å². The standard InChI is InChI=1S/C57H73N11O5/c1-35(2)67-34-59-47-32-46(61-52(51(47)67)60-40-13-14-40)38-11-16-45-48(29-38)68(43-30-42(31-43)64-23-5-4-6-24-64)56(73)57(45)21-27-66(28-22-57)55(72)37-9-7-36(8-10-37)54(71)65-25-19-41(20-26-65)63(3)49-17-12-39(33-58-49)44-15-18-50(69)62-53(44)70/h11-12,16-17,29,32-37,40-44H,4-10,13-15,18-28,30-31H2,1-3H3,(H,60,61)(H,62,69,70)/t36-,37-,42-,43+,44?. The van der Waals surface area contributed by atoms with Gasteiger partial charge in [-0.05, 0) is 153 Å². The maximum Gasteiger partial charge on any atom is 0.238 e. The van der Waals surface area contributed by atoms with Crippen LogP contribution in [-0.2, 0) is 29.4 Å². The van der Waals surface area contributed by atoms with Crippen molar-refractivity contribution in [2.75, 3.05) is 61.4 Å². The van der Waals surface area contributed by atoms with Crippen molar-refractivity contribution in [3.63, 3.8) is 0 Å². The zero-order chi connectivity index (χ0) is 50.1. The van der Waals surface area contributed by atoms with Gasteiger partial charge in [-0.2, -0.15) is 0 Å². The Hall–Kier alpha value is -5.90. The van der Waals surface area contributed by atoms with Crippen LogP contribution in [0.5, 0.6) is 0 Å². The van der Waals surface area contributed by atoms with Crippen molar-refractivity contribution in [2.24, 2.45) is 11.8 Å². The Morgan fingerprint density at radius 1 is 0.781 bits per heavy atom. The molecule has 0 radical (unpaired) electrons. The first kappa shape index (κ1) is 48.1. The molecule has 5 amide bonds. The second-order valence-electron chi connectivity index (χ2n) is 23.2. The molecule has 1 atom stereocenters. The molecule has 5 aliphatic heterocycles. The number of piperidine rings is 4. The van der Waals surface area contributed by atoms with Crippen LogP contribution in [0.4, 0.5) is 17.3 Å². The molecule has 3 aromatic heterocycles. The van der Waals surface area contributed by atoms with Crippen LogP contribution in [0.2, 0.25) is 0 Å². The average molecular weight is 992 g/mol. The number of likely N-dealkylation sites (tertiary alicyclic amines) is 3. The second-order valence-corrected chi connectivity index (χ2v) is 23.2. The predicted octanol–water partition coefficient (Wildman–Crippen LogP) is 7.33. The molecule has 1 unspecified atom stereocenters. The van der Waals surface area contributed by atoms with E-state index >= 15 is 4.79 Å². The number of carbonyl (C=O) groups is 5. The summed E-state index contributed by atoms with van der Waals surface area (Å²) < 4.78 is 2.20. The Kier molecular flexibility index (Phi) is 12.8. The van der Waals surface area contributed by atoms with Crippen LogP contribution in [0, 0.1) is 11.8 Å². The third-order valence-electron chi connectivity index (χ3n) is 18.5. The summed E-state index contributed by atoms with van der Waals surface area (Å²) in [5.74, 6) is 1.29. The summed E-state index contributed by atoms with van der Waals surface area (Å²) in [6, 6.07) is 14.2. The number of hydrogen-bond acceptors (Lipinski definition) is 11. The van der Waals surface area contributed by atoms with Crippen LogP contribution in [-0.4, -0.2) is 134 Å². The summed E-state index contributed by atoms with van der Waals surface area (Å²) in [7, 11) is 2.04. The highest BCUT2D eigenvalue weighted by Gasteiger charge is 2.56. The Bertz CT molecular complexity index is 2770. The molecule has 3 saturated carbocycles. The van der Waals surface area contributed by atoms with Crippen molar-refractivity contribution in [1.29, 1.82) is 0 Å². The van der Waals surface area contributed by atoms with Crippen LogP contribution in [0.3, 0.4) is 0 Å². The zero-order valence-electron chi connectivity index (χ0n) is 43.1. The molecule has 16 nitrogen and oxygen atoms in total. The van der Waals surface area contributed by atoms with Gasteiger partial charge in [0.25, 0.3) is 0 Å². The Morgan fingerprint density at radius 3 is 2.12 bits per heavy atom. The fourth-order valence-corrected chi connectivity index (χ4v) is 13.8. The molecule has 16 heteroatoms. The van der Waals surface area contributed by atoms with Crippen LogP contribution in [0.25, 0.3) is 22.3 Å². The van der Waals surface area contributed by atoms with Gasteiger partial charge < -0.3 is 34.4 Å². The molecule has 1 spiro atoms. The van der Waals surface area contributed by atoms with Gasteiger partial charge in [-0.1, -0.05) is 24.6 Å². The molecule has 2 N–H and O–H groups in total. The molecule has 12 rings (SSSR count). The lowest BCUT2D eigenvalue weighted by atomic mass is 9.72. The summed E-state index contributed by atoms with van der Waals surface area (Å²) in [6.07, 6.45) is 18.3. The van der Waals surface area contributed by atoms with Crippen molar-refractivity contribution in [3.8, 4) is 11.3 Å². The van der Waals surface area contributed by atoms with Gasteiger partial charge in [0.05, 0.1) is 28.9 Å². The first-order chi connectivity index (χ1) is 35.4. The molecule has 73 heavy (non-hydrogen) atoms. The maximum absolute atomic E-state index is 15.2. The first-order valence-corrected chi connectivity index (χ1v) is 27.9. The highest BCUT2D eigenvalue weighted by molar-refractivity contribution is 6.09. The Morgan fingerprint density at radius 2 is 1.48 bits per heavy atom. The normalized spacial score (nSPS) is 26.8. The number of imidazole rings is 1. The minimum absolute atomic E-state index is 0.0653. The SMILES string of the molecule is CC(C)n1cnc2cc(-c3ccc4c(c3)N([C@H]3C[C@@H](N5CCCCC5)C3)C(=O)C43CCN(C(=O)[C@H]4CC[C@H](C(=O)N5CCC(N(C)c6ccc(C7CCC(=O)NC7=O)cn6)CC5)CC4)CC3)nc(NC3CC3)c21. The Labute approximate surface area is 429 Å². The number of anilines is 3.